The van der Waals surface area contributed by atoms with Gasteiger partial charge in [-0.15, -0.1) is 0 Å². The third-order valence-corrected chi connectivity index (χ3v) is 3.56. The fourth-order valence-electron chi connectivity index (χ4n) is 2.33. The molecule has 0 spiro atoms. The van der Waals surface area contributed by atoms with Crippen LogP contribution in [0.1, 0.15) is 18.6 Å². The van der Waals surface area contributed by atoms with E-state index in [4.69, 9.17) is 22.9 Å². The summed E-state index contributed by atoms with van der Waals surface area (Å²) in [6.45, 7) is 0.314. The number of primary amides is 2. The van der Waals surface area contributed by atoms with Gasteiger partial charge in [0.1, 0.15) is 13.2 Å². The van der Waals surface area contributed by atoms with E-state index in [0.29, 0.717) is 12.8 Å². The molecule has 2 rings (SSSR count). The molecule has 0 radical (unpaired) electrons. The summed E-state index contributed by atoms with van der Waals surface area (Å²) in [5.74, 6) is 0. The van der Waals surface area contributed by atoms with Crippen molar-refractivity contribution in [3.8, 4) is 0 Å². The van der Waals surface area contributed by atoms with E-state index in [2.05, 4.69) is 9.47 Å². The standard InChI is InChI=1S/2C10H14N2O2.CH4/c2*11-9(7-14-10(12)13)6-8-4-2-1-3-5-8;/h2*1-5,9H,6-7,11H2,(H2,12,13);1H4/t2*9-;/m10./s1. The highest BCUT2D eigenvalue weighted by Gasteiger charge is 2.06. The monoisotopic (exact) mass is 404 g/mol. The normalized spacial score (nSPS) is 11.7. The first-order valence-corrected chi connectivity index (χ1v) is 8.80. The second kappa shape index (κ2) is 14.9. The topological polar surface area (TPSA) is 157 Å². The Labute approximate surface area is 172 Å². The predicted octanol–water partition coefficient (Wildman–Crippen LogP) is 1.94. The Bertz CT molecular complexity index is 637. The number of hydrogen-bond acceptors (Lipinski definition) is 6. The van der Waals surface area contributed by atoms with Crippen molar-refractivity contribution in [3.05, 3.63) is 71.8 Å². The van der Waals surface area contributed by atoms with Gasteiger partial charge in [-0.3, -0.25) is 0 Å². The second-order valence-electron chi connectivity index (χ2n) is 6.16. The number of ether oxygens (including phenoxy) is 2. The Morgan fingerprint density at radius 3 is 1.28 bits per heavy atom. The smallest absolute Gasteiger partial charge is 0.404 e. The first kappa shape index (κ1) is 25.9. The van der Waals surface area contributed by atoms with Gasteiger partial charge in [0.25, 0.3) is 0 Å². The van der Waals surface area contributed by atoms with Gasteiger partial charge in [0.15, 0.2) is 0 Å². The van der Waals surface area contributed by atoms with Gasteiger partial charge < -0.3 is 32.4 Å². The highest BCUT2D eigenvalue weighted by molar-refractivity contribution is 5.64. The van der Waals surface area contributed by atoms with E-state index >= 15 is 0 Å². The van der Waals surface area contributed by atoms with Crippen molar-refractivity contribution in [2.45, 2.75) is 32.4 Å². The summed E-state index contributed by atoms with van der Waals surface area (Å²) in [5, 5.41) is 0. The number of carbonyl (C=O) groups excluding carboxylic acids is 2. The third-order valence-electron chi connectivity index (χ3n) is 3.56. The van der Waals surface area contributed by atoms with Crippen molar-refractivity contribution < 1.29 is 19.1 Å². The summed E-state index contributed by atoms with van der Waals surface area (Å²) in [6, 6.07) is 19.1. The zero-order valence-corrected chi connectivity index (χ0v) is 15.7. The van der Waals surface area contributed by atoms with Crippen molar-refractivity contribution in [3.63, 3.8) is 0 Å². The number of carbonyl (C=O) groups is 2. The first-order valence-electron chi connectivity index (χ1n) is 8.80. The number of nitrogens with two attached hydrogens (primary N) is 4. The lowest BCUT2D eigenvalue weighted by atomic mass is 10.1. The SMILES string of the molecule is C.NC(=O)OC[C@@H](N)Cc1ccccc1.NC(=O)OC[C@H](N)Cc1ccccc1. The molecule has 8 nitrogen and oxygen atoms in total. The maximum atomic E-state index is 10.3. The fourth-order valence-corrected chi connectivity index (χ4v) is 2.33. The molecule has 0 aliphatic carbocycles. The van der Waals surface area contributed by atoms with E-state index in [1.165, 1.54) is 0 Å². The van der Waals surface area contributed by atoms with Crippen LogP contribution in [0.5, 0.6) is 0 Å². The van der Waals surface area contributed by atoms with Crippen LogP contribution in [-0.2, 0) is 22.3 Å². The minimum Gasteiger partial charge on any atom is -0.448 e. The Morgan fingerprint density at radius 1 is 0.690 bits per heavy atom. The van der Waals surface area contributed by atoms with Crippen LogP contribution in [-0.4, -0.2) is 37.5 Å². The number of rotatable bonds is 8. The van der Waals surface area contributed by atoms with Crippen molar-refractivity contribution in [2.75, 3.05) is 13.2 Å². The molecule has 0 aliphatic heterocycles. The summed E-state index contributed by atoms with van der Waals surface area (Å²) < 4.78 is 9.18. The van der Waals surface area contributed by atoms with Crippen molar-refractivity contribution in [1.82, 2.24) is 0 Å². The molecule has 0 heterocycles. The summed E-state index contributed by atoms with van der Waals surface area (Å²) in [6.07, 6.45) is -0.218. The Balaban J connectivity index is 0.000000523. The molecule has 0 bridgehead atoms. The van der Waals surface area contributed by atoms with Gasteiger partial charge in [-0.1, -0.05) is 68.1 Å². The first-order chi connectivity index (χ1) is 13.4. The molecule has 2 amide bonds. The molecule has 0 unspecified atom stereocenters. The molecule has 2 aromatic rings. The summed E-state index contributed by atoms with van der Waals surface area (Å²) in [5.41, 5.74) is 23.3. The van der Waals surface area contributed by atoms with Crippen molar-refractivity contribution >= 4 is 12.2 Å². The largest absolute Gasteiger partial charge is 0.448 e. The number of amides is 2. The van der Waals surface area contributed by atoms with E-state index in [-0.39, 0.29) is 32.7 Å². The van der Waals surface area contributed by atoms with Crippen LogP contribution < -0.4 is 22.9 Å². The van der Waals surface area contributed by atoms with Crippen LogP contribution in [0.4, 0.5) is 9.59 Å². The molecule has 0 fully saturated rings. The Hall–Kier alpha value is -3.10. The zero-order valence-electron chi connectivity index (χ0n) is 15.7. The number of benzene rings is 2. The van der Waals surface area contributed by atoms with E-state index in [1.807, 2.05) is 60.7 Å². The van der Waals surface area contributed by atoms with Crippen molar-refractivity contribution in [1.29, 1.82) is 0 Å². The van der Waals surface area contributed by atoms with Crippen molar-refractivity contribution in [2.24, 2.45) is 22.9 Å². The van der Waals surface area contributed by atoms with Gasteiger partial charge in [-0.2, -0.15) is 0 Å². The molecule has 160 valence electrons. The van der Waals surface area contributed by atoms with Crippen LogP contribution >= 0.6 is 0 Å². The number of hydrogen-bond donors (Lipinski definition) is 4. The maximum absolute atomic E-state index is 10.3. The summed E-state index contributed by atoms with van der Waals surface area (Å²) in [4.78, 5) is 20.6. The average Bonchev–Trinajstić information content (AvgIpc) is 2.67. The molecule has 8 N–H and O–H groups in total. The van der Waals surface area contributed by atoms with E-state index < -0.39 is 12.2 Å². The molecule has 0 saturated carbocycles. The molecule has 8 heteroatoms. The lowest BCUT2D eigenvalue weighted by Crippen LogP contribution is -2.31. The average molecular weight is 405 g/mol. The van der Waals surface area contributed by atoms with E-state index in [1.54, 1.807) is 0 Å². The zero-order chi connectivity index (χ0) is 20.8. The third kappa shape index (κ3) is 13.7. The minimum absolute atomic E-state index is 0. The Morgan fingerprint density at radius 2 is 1.00 bits per heavy atom. The van der Waals surface area contributed by atoms with Crippen LogP contribution in [0.15, 0.2) is 60.7 Å². The molecule has 0 aliphatic rings. The van der Waals surface area contributed by atoms with Gasteiger partial charge in [0, 0.05) is 12.1 Å². The predicted molar refractivity (Wildman–Crippen MR) is 114 cm³/mol. The van der Waals surface area contributed by atoms with E-state index in [9.17, 15) is 9.59 Å². The highest BCUT2D eigenvalue weighted by atomic mass is 16.5. The lowest BCUT2D eigenvalue weighted by molar-refractivity contribution is 0.148. The highest BCUT2D eigenvalue weighted by Crippen LogP contribution is 2.02. The van der Waals surface area contributed by atoms with Crippen LogP contribution in [0.25, 0.3) is 0 Å². The van der Waals surface area contributed by atoms with Crippen LogP contribution in [0.3, 0.4) is 0 Å². The molecule has 2 atom stereocenters. The second-order valence-corrected chi connectivity index (χ2v) is 6.16. The lowest BCUT2D eigenvalue weighted by Gasteiger charge is -2.10. The molecule has 2 aromatic carbocycles. The van der Waals surface area contributed by atoms with Gasteiger partial charge >= 0.3 is 12.2 Å². The molecular formula is C21H32N4O4. The van der Waals surface area contributed by atoms with Crippen LogP contribution in [0, 0.1) is 0 Å². The maximum Gasteiger partial charge on any atom is 0.404 e. The molecule has 0 saturated heterocycles. The van der Waals surface area contributed by atoms with Gasteiger partial charge in [-0.05, 0) is 24.0 Å². The molecular weight excluding hydrogens is 372 g/mol. The summed E-state index contributed by atoms with van der Waals surface area (Å²) in [7, 11) is 0. The Kier molecular flexibility index (Phi) is 13.3. The molecule has 0 aromatic heterocycles. The fraction of sp³-hybridized carbons (Fsp3) is 0.333. The van der Waals surface area contributed by atoms with Crippen LogP contribution in [0.2, 0.25) is 0 Å². The summed E-state index contributed by atoms with van der Waals surface area (Å²) >= 11 is 0. The van der Waals surface area contributed by atoms with Gasteiger partial charge in [0.2, 0.25) is 0 Å². The van der Waals surface area contributed by atoms with E-state index in [0.717, 1.165) is 11.1 Å². The van der Waals surface area contributed by atoms with Gasteiger partial charge in [-0.25, -0.2) is 9.59 Å². The minimum atomic E-state index is -0.784. The molecule has 29 heavy (non-hydrogen) atoms. The quantitative estimate of drug-likeness (QED) is 0.526. The van der Waals surface area contributed by atoms with Gasteiger partial charge in [0.05, 0.1) is 0 Å².